The van der Waals surface area contributed by atoms with Crippen LogP contribution in [0.4, 0.5) is 13.2 Å². The molecule has 0 saturated heterocycles. The molecule has 0 saturated carbocycles. The highest BCUT2D eigenvalue weighted by molar-refractivity contribution is 6.59. The van der Waals surface area contributed by atoms with Crippen molar-refractivity contribution in [3.8, 4) is 0 Å². The summed E-state index contributed by atoms with van der Waals surface area (Å²) in [4.78, 5) is 10.2. The second-order valence-corrected chi connectivity index (χ2v) is 7.15. The third kappa shape index (κ3) is 5.78. The SMILES string of the molecule is CCO[Si](O)(CCCCc1cc(F)c(F)cc1F)OCC. The highest BCUT2D eigenvalue weighted by Crippen LogP contribution is 2.19. The van der Waals surface area contributed by atoms with Gasteiger partial charge in [0.1, 0.15) is 5.82 Å². The average Bonchev–Trinajstić information content (AvgIpc) is 2.41. The van der Waals surface area contributed by atoms with Gasteiger partial charge in [-0.15, -0.1) is 0 Å². The molecule has 0 amide bonds. The van der Waals surface area contributed by atoms with Gasteiger partial charge in [0.25, 0.3) is 0 Å². The minimum Gasteiger partial charge on any atom is -0.390 e. The van der Waals surface area contributed by atoms with Gasteiger partial charge in [-0.2, -0.15) is 0 Å². The van der Waals surface area contributed by atoms with E-state index >= 15 is 0 Å². The number of aryl methyl sites for hydroxylation is 1. The first-order valence-electron chi connectivity index (χ1n) is 7.05. The lowest BCUT2D eigenvalue weighted by Crippen LogP contribution is -2.42. The quantitative estimate of drug-likeness (QED) is 0.430. The molecule has 0 spiro atoms. The Labute approximate surface area is 124 Å². The molecule has 1 aromatic rings. The van der Waals surface area contributed by atoms with Crippen molar-refractivity contribution in [1.29, 1.82) is 0 Å². The van der Waals surface area contributed by atoms with Crippen LogP contribution in [0.5, 0.6) is 0 Å². The summed E-state index contributed by atoms with van der Waals surface area (Å²) in [5, 5.41) is 0. The topological polar surface area (TPSA) is 38.7 Å². The monoisotopic (exact) mass is 322 g/mol. The summed E-state index contributed by atoms with van der Waals surface area (Å²) in [5.41, 5.74) is 0.131. The van der Waals surface area contributed by atoms with Crippen molar-refractivity contribution in [2.24, 2.45) is 0 Å². The highest BCUT2D eigenvalue weighted by Gasteiger charge is 2.35. The summed E-state index contributed by atoms with van der Waals surface area (Å²) >= 11 is 0. The van der Waals surface area contributed by atoms with E-state index in [1.807, 2.05) is 0 Å². The van der Waals surface area contributed by atoms with Crippen LogP contribution in [0.25, 0.3) is 0 Å². The van der Waals surface area contributed by atoms with Crippen molar-refractivity contribution >= 4 is 8.80 Å². The molecular formula is C14H21F3O3Si. The molecule has 0 bridgehead atoms. The summed E-state index contributed by atoms with van der Waals surface area (Å²) in [7, 11) is -3.15. The molecule has 1 rings (SSSR count). The largest absolute Gasteiger partial charge is 0.498 e. The predicted octanol–water partition coefficient (Wildman–Crippen LogP) is 3.43. The van der Waals surface area contributed by atoms with Gasteiger partial charge >= 0.3 is 8.80 Å². The summed E-state index contributed by atoms with van der Waals surface area (Å²) in [6, 6.07) is 1.79. The maximum Gasteiger partial charge on any atom is 0.498 e. The zero-order chi connectivity index (χ0) is 15.9. The van der Waals surface area contributed by atoms with Crippen LogP contribution in [0.15, 0.2) is 12.1 Å². The van der Waals surface area contributed by atoms with Crippen LogP contribution in [-0.2, 0) is 15.3 Å². The van der Waals surface area contributed by atoms with Gasteiger partial charge in [0, 0.05) is 25.3 Å². The van der Waals surface area contributed by atoms with Crippen LogP contribution < -0.4 is 0 Å². The van der Waals surface area contributed by atoms with Gasteiger partial charge in [0.2, 0.25) is 0 Å². The first-order valence-corrected chi connectivity index (χ1v) is 9.02. The molecule has 0 aliphatic carbocycles. The van der Waals surface area contributed by atoms with Crippen LogP contribution in [0.3, 0.4) is 0 Å². The molecule has 1 N–H and O–H groups in total. The van der Waals surface area contributed by atoms with Gasteiger partial charge in [-0.25, -0.2) is 13.2 Å². The number of rotatable bonds is 9. The molecule has 21 heavy (non-hydrogen) atoms. The molecule has 0 aromatic heterocycles. The average molecular weight is 322 g/mol. The Kier molecular flexibility index (Phi) is 7.37. The number of unbranched alkanes of at least 4 members (excludes halogenated alkanes) is 1. The van der Waals surface area contributed by atoms with Crippen molar-refractivity contribution in [2.45, 2.75) is 39.2 Å². The van der Waals surface area contributed by atoms with Crippen LogP contribution in [-0.4, -0.2) is 26.8 Å². The van der Waals surface area contributed by atoms with E-state index in [1.54, 1.807) is 13.8 Å². The zero-order valence-electron chi connectivity index (χ0n) is 12.3. The van der Waals surface area contributed by atoms with E-state index in [0.29, 0.717) is 38.2 Å². The van der Waals surface area contributed by atoms with Gasteiger partial charge in [-0.1, -0.05) is 0 Å². The zero-order valence-corrected chi connectivity index (χ0v) is 13.3. The summed E-state index contributed by atoms with van der Waals surface area (Å²) in [6.07, 6.45) is 1.35. The standard InChI is InChI=1S/C14H21F3O3Si/c1-3-19-21(18,20-4-2)8-6-5-7-11-9-13(16)14(17)10-12(11)15/h9-10,18H,3-8H2,1-2H3. The van der Waals surface area contributed by atoms with Crippen molar-refractivity contribution < 1.29 is 26.8 Å². The Balaban J connectivity index is 2.48. The Bertz CT molecular complexity index is 451. The smallest absolute Gasteiger partial charge is 0.390 e. The van der Waals surface area contributed by atoms with E-state index in [-0.39, 0.29) is 12.0 Å². The molecule has 0 fully saturated rings. The van der Waals surface area contributed by atoms with Crippen LogP contribution >= 0.6 is 0 Å². The minimum atomic E-state index is -3.15. The first-order chi connectivity index (χ1) is 9.91. The molecule has 7 heteroatoms. The van der Waals surface area contributed by atoms with Gasteiger partial charge in [-0.3, -0.25) is 0 Å². The van der Waals surface area contributed by atoms with Gasteiger partial charge < -0.3 is 13.6 Å². The molecule has 0 aliphatic rings. The van der Waals surface area contributed by atoms with Crippen molar-refractivity contribution in [1.82, 2.24) is 0 Å². The number of hydrogen-bond acceptors (Lipinski definition) is 3. The molecular weight excluding hydrogens is 301 g/mol. The normalized spacial score (nSPS) is 11.9. The molecule has 1 aromatic carbocycles. The Hall–Kier alpha value is -0.893. The van der Waals surface area contributed by atoms with E-state index in [2.05, 4.69) is 0 Å². The lowest BCUT2D eigenvalue weighted by molar-refractivity contribution is 0.107. The fraction of sp³-hybridized carbons (Fsp3) is 0.571. The van der Waals surface area contributed by atoms with Crippen LogP contribution in [0.2, 0.25) is 6.04 Å². The van der Waals surface area contributed by atoms with Crippen LogP contribution in [0, 0.1) is 17.5 Å². The predicted molar refractivity (Wildman–Crippen MR) is 75.3 cm³/mol. The second-order valence-electron chi connectivity index (χ2n) is 4.64. The molecule has 0 atom stereocenters. The third-order valence-corrected chi connectivity index (χ3v) is 5.48. The van der Waals surface area contributed by atoms with Gasteiger partial charge in [-0.05, 0) is 44.7 Å². The molecule has 0 heterocycles. The number of benzene rings is 1. The second kappa shape index (κ2) is 8.53. The molecule has 3 nitrogen and oxygen atoms in total. The van der Waals surface area contributed by atoms with Crippen molar-refractivity contribution in [3.05, 3.63) is 35.1 Å². The lowest BCUT2D eigenvalue weighted by Gasteiger charge is -2.22. The molecule has 120 valence electrons. The fourth-order valence-corrected chi connectivity index (χ4v) is 4.03. The maximum absolute atomic E-state index is 13.4. The Morgan fingerprint density at radius 2 is 1.52 bits per heavy atom. The third-order valence-electron chi connectivity index (χ3n) is 3.02. The first kappa shape index (κ1) is 18.2. The van der Waals surface area contributed by atoms with E-state index in [9.17, 15) is 18.0 Å². The summed E-state index contributed by atoms with van der Waals surface area (Å²) in [6.45, 7) is 4.27. The molecule has 0 radical (unpaired) electrons. The van der Waals surface area contributed by atoms with Crippen LogP contribution in [0.1, 0.15) is 32.3 Å². The van der Waals surface area contributed by atoms with E-state index in [4.69, 9.17) is 8.85 Å². The molecule has 0 unspecified atom stereocenters. The van der Waals surface area contributed by atoms with Gasteiger partial charge in [0.15, 0.2) is 11.6 Å². The van der Waals surface area contributed by atoms with E-state index in [0.717, 1.165) is 6.07 Å². The highest BCUT2D eigenvalue weighted by atomic mass is 28.4. The maximum atomic E-state index is 13.4. The summed E-state index contributed by atoms with van der Waals surface area (Å²) < 4.78 is 49.8. The lowest BCUT2D eigenvalue weighted by atomic mass is 10.1. The number of hydrogen-bond donors (Lipinski definition) is 1. The Morgan fingerprint density at radius 1 is 0.952 bits per heavy atom. The summed E-state index contributed by atoms with van der Waals surface area (Å²) in [5.74, 6) is -3.00. The number of halogens is 3. The van der Waals surface area contributed by atoms with Gasteiger partial charge in [0.05, 0.1) is 0 Å². The van der Waals surface area contributed by atoms with E-state index < -0.39 is 26.3 Å². The minimum absolute atomic E-state index is 0.131. The van der Waals surface area contributed by atoms with Crippen molar-refractivity contribution in [2.75, 3.05) is 13.2 Å². The fourth-order valence-electron chi connectivity index (χ4n) is 2.06. The van der Waals surface area contributed by atoms with Crippen molar-refractivity contribution in [3.63, 3.8) is 0 Å². The Morgan fingerprint density at radius 3 is 2.10 bits per heavy atom. The molecule has 0 aliphatic heterocycles. The van der Waals surface area contributed by atoms with E-state index in [1.165, 1.54) is 0 Å².